The number of benzene rings is 1. The topological polar surface area (TPSA) is 47.6 Å². The number of nitrogens with two attached hydrogens (primary N) is 1. The summed E-state index contributed by atoms with van der Waals surface area (Å²) < 4.78 is 45.1. The molecule has 0 radical (unpaired) electrons. The van der Waals surface area contributed by atoms with Gasteiger partial charge in [0.25, 0.3) is 11.9 Å². The van der Waals surface area contributed by atoms with Crippen LogP contribution in [0.1, 0.15) is 18.4 Å². The SMILES string of the molecule is NC1=NC(CCC(F)(F)c2ccc(F)cc2)CO1. The van der Waals surface area contributed by atoms with Gasteiger partial charge in [-0.2, -0.15) is 0 Å². The minimum Gasteiger partial charge on any atom is -0.463 e. The molecule has 1 heterocycles. The summed E-state index contributed by atoms with van der Waals surface area (Å²) in [6.07, 6.45) is -0.200. The van der Waals surface area contributed by atoms with Gasteiger partial charge in [0.05, 0.1) is 6.04 Å². The third kappa shape index (κ3) is 2.94. The second-order valence-electron chi connectivity index (χ2n) is 4.18. The largest absolute Gasteiger partial charge is 0.463 e. The van der Waals surface area contributed by atoms with Gasteiger partial charge < -0.3 is 10.5 Å². The van der Waals surface area contributed by atoms with Crippen molar-refractivity contribution in [3.8, 4) is 0 Å². The molecule has 3 nitrogen and oxygen atoms in total. The molecule has 0 bridgehead atoms. The van der Waals surface area contributed by atoms with Crippen LogP contribution >= 0.6 is 0 Å². The smallest absolute Gasteiger partial charge is 0.282 e. The predicted octanol–water partition coefficient (Wildman–Crippen LogP) is 2.41. The first-order valence-electron chi connectivity index (χ1n) is 5.57. The van der Waals surface area contributed by atoms with Gasteiger partial charge in [-0.05, 0) is 18.6 Å². The molecule has 2 rings (SSSR count). The summed E-state index contributed by atoms with van der Waals surface area (Å²) >= 11 is 0. The molecule has 1 unspecified atom stereocenters. The van der Waals surface area contributed by atoms with Crippen LogP contribution in [0.5, 0.6) is 0 Å². The average Bonchev–Trinajstić information content (AvgIpc) is 2.73. The minimum atomic E-state index is -3.00. The lowest BCUT2D eigenvalue weighted by Gasteiger charge is -2.17. The van der Waals surface area contributed by atoms with Crippen molar-refractivity contribution >= 4 is 6.02 Å². The Hall–Kier alpha value is -1.72. The van der Waals surface area contributed by atoms with Crippen molar-refractivity contribution in [3.63, 3.8) is 0 Å². The Morgan fingerprint density at radius 2 is 2.00 bits per heavy atom. The van der Waals surface area contributed by atoms with Crippen LogP contribution in [-0.4, -0.2) is 18.7 Å². The molecule has 0 aromatic heterocycles. The maximum absolute atomic E-state index is 13.8. The van der Waals surface area contributed by atoms with Crippen molar-refractivity contribution in [2.24, 2.45) is 10.7 Å². The Labute approximate surface area is 102 Å². The van der Waals surface area contributed by atoms with Crippen LogP contribution in [0.2, 0.25) is 0 Å². The molecule has 0 spiro atoms. The van der Waals surface area contributed by atoms with E-state index in [0.29, 0.717) is 0 Å². The molecule has 1 atom stereocenters. The van der Waals surface area contributed by atoms with Crippen LogP contribution in [0.15, 0.2) is 29.3 Å². The monoisotopic (exact) mass is 258 g/mol. The highest BCUT2D eigenvalue weighted by molar-refractivity contribution is 5.72. The molecule has 0 aliphatic carbocycles. The van der Waals surface area contributed by atoms with E-state index in [2.05, 4.69) is 4.99 Å². The van der Waals surface area contributed by atoms with Crippen molar-refractivity contribution in [1.82, 2.24) is 0 Å². The molecule has 0 saturated carbocycles. The molecule has 1 aromatic rings. The Balaban J connectivity index is 1.96. The summed E-state index contributed by atoms with van der Waals surface area (Å²) in [7, 11) is 0. The molecule has 0 saturated heterocycles. The zero-order chi connectivity index (χ0) is 13.2. The highest BCUT2D eigenvalue weighted by atomic mass is 19.3. The van der Waals surface area contributed by atoms with E-state index in [9.17, 15) is 13.2 Å². The van der Waals surface area contributed by atoms with Crippen molar-refractivity contribution in [3.05, 3.63) is 35.6 Å². The summed E-state index contributed by atoms with van der Waals surface area (Å²) in [5, 5.41) is 0. The van der Waals surface area contributed by atoms with E-state index in [1.807, 2.05) is 0 Å². The lowest BCUT2D eigenvalue weighted by molar-refractivity contribution is -0.0172. The van der Waals surface area contributed by atoms with Gasteiger partial charge in [-0.15, -0.1) is 0 Å². The van der Waals surface area contributed by atoms with Gasteiger partial charge in [0.15, 0.2) is 0 Å². The highest BCUT2D eigenvalue weighted by Crippen LogP contribution is 2.34. The normalized spacial score (nSPS) is 19.5. The number of alkyl halides is 2. The number of aliphatic imine (C=N–C) groups is 1. The first kappa shape index (κ1) is 12.7. The Morgan fingerprint density at radius 3 is 2.56 bits per heavy atom. The van der Waals surface area contributed by atoms with E-state index in [0.717, 1.165) is 24.3 Å². The molecule has 6 heteroatoms. The van der Waals surface area contributed by atoms with Crippen molar-refractivity contribution in [1.29, 1.82) is 0 Å². The van der Waals surface area contributed by atoms with Crippen molar-refractivity contribution in [2.75, 3.05) is 6.61 Å². The fraction of sp³-hybridized carbons (Fsp3) is 0.417. The molecule has 2 N–H and O–H groups in total. The van der Waals surface area contributed by atoms with Gasteiger partial charge in [-0.25, -0.2) is 18.2 Å². The fourth-order valence-electron chi connectivity index (χ4n) is 1.77. The maximum Gasteiger partial charge on any atom is 0.282 e. The summed E-state index contributed by atoms with van der Waals surface area (Å²) in [6, 6.07) is 3.97. The van der Waals surface area contributed by atoms with E-state index in [4.69, 9.17) is 10.5 Å². The summed E-state index contributed by atoms with van der Waals surface area (Å²) in [6.45, 7) is 0.241. The zero-order valence-electron chi connectivity index (χ0n) is 9.57. The molecule has 1 aliphatic heterocycles. The van der Waals surface area contributed by atoms with Gasteiger partial charge in [-0.1, -0.05) is 12.1 Å². The second-order valence-corrected chi connectivity index (χ2v) is 4.18. The zero-order valence-corrected chi connectivity index (χ0v) is 9.57. The second kappa shape index (κ2) is 4.88. The summed E-state index contributed by atoms with van der Waals surface area (Å²) in [4.78, 5) is 3.88. The first-order valence-corrected chi connectivity index (χ1v) is 5.57. The average molecular weight is 258 g/mol. The lowest BCUT2D eigenvalue weighted by atomic mass is 10.0. The number of halogens is 3. The molecular weight excluding hydrogens is 245 g/mol. The number of ether oxygens (including phenoxy) is 1. The molecule has 0 amide bonds. The van der Waals surface area contributed by atoms with Gasteiger partial charge >= 0.3 is 0 Å². The fourth-order valence-corrected chi connectivity index (χ4v) is 1.77. The highest BCUT2D eigenvalue weighted by Gasteiger charge is 2.33. The van der Waals surface area contributed by atoms with E-state index in [1.165, 1.54) is 0 Å². The summed E-state index contributed by atoms with van der Waals surface area (Å²) in [5.41, 5.74) is 5.10. The van der Waals surface area contributed by atoms with E-state index >= 15 is 0 Å². The van der Waals surface area contributed by atoms with Crippen LogP contribution in [0.4, 0.5) is 13.2 Å². The van der Waals surface area contributed by atoms with Gasteiger partial charge in [0.1, 0.15) is 12.4 Å². The Kier molecular flexibility index (Phi) is 3.45. The number of amidine groups is 1. The third-order valence-corrected chi connectivity index (χ3v) is 2.79. The Morgan fingerprint density at radius 1 is 1.33 bits per heavy atom. The number of hydrogen-bond donors (Lipinski definition) is 1. The van der Waals surface area contributed by atoms with E-state index in [-0.39, 0.29) is 37.1 Å². The quantitative estimate of drug-likeness (QED) is 0.901. The van der Waals surface area contributed by atoms with Crippen molar-refractivity contribution < 1.29 is 17.9 Å². The molecule has 1 aliphatic rings. The van der Waals surface area contributed by atoms with Crippen LogP contribution in [0, 0.1) is 5.82 Å². The van der Waals surface area contributed by atoms with Gasteiger partial charge in [0, 0.05) is 12.0 Å². The van der Waals surface area contributed by atoms with Gasteiger partial charge in [0.2, 0.25) is 0 Å². The standard InChI is InChI=1S/C12H13F3N2O/c13-9-3-1-8(2-4-9)12(14,15)6-5-10-7-18-11(16)17-10/h1-4,10H,5-7H2,(H2,16,17). The Bertz CT molecular complexity index is 445. The van der Waals surface area contributed by atoms with Crippen LogP contribution in [0.3, 0.4) is 0 Å². The first-order chi connectivity index (χ1) is 8.47. The minimum absolute atomic E-state index is 0.0464. The van der Waals surface area contributed by atoms with E-state index < -0.39 is 11.7 Å². The molecule has 98 valence electrons. The maximum atomic E-state index is 13.8. The van der Waals surface area contributed by atoms with E-state index in [1.54, 1.807) is 0 Å². The third-order valence-electron chi connectivity index (χ3n) is 2.79. The lowest BCUT2D eigenvalue weighted by Crippen LogP contribution is -2.17. The van der Waals surface area contributed by atoms with Crippen LogP contribution < -0.4 is 5.73 Å². The molecule has 18 heavy (non-hydrogen) atoms. The number of hydrogen-bond acceptors (Lipinski definition) is 3. The molecule has 0 fully saturated rings. The van der Waals surface area contributed by atoms with Crippen LogP contribution in [0.25, 0.3) is 0 Å². The van der Waals surface area contributed by atoms with Crippen molar-refractivity contribution in [2.45, 2.75) is 24.8 Å². The summed E-state index contributed by atoms with van der Waals surface area (Å²) in [5.74, 6) is -3.53. The molecular formula is C12H13F3N2O. The number of rotatable bonds is 4. The number of nitrogens with zero attached hydrogens (tertiary/aromatic N) is 1. The predicted molar refractivity (Wildman–Crippen MR) is 60.9 cm³/mol. The molecule has 1 aromatic carbocycles. The van der Waals surface area contributed by atoms with Gasteiger partial charge in [-0.3, -0.25) is 0 Å². The van der Waals surface area contributed by atoms with Crippen LogP contribution in [-0.2, 0) is 10.7 Å².